The Morgan fingerprint density at radius 1 is 1.29 bits per heavy atom. The van der Waals surface area contributed by atoms with Gasteiger partial charge in [-0.25, -0.2) is 4.79 Å². The highest BCUT2D eigenvalue weighted by Crippen LogP contribution is 2.24. The van der Waals surface area contributed by atoms with E-state index in [0.29, 0.717) is 17.9 Å². The maximum atomic E-state index is 12.3. The van der Waals surface area contributed by atoms with Crippen molar-refractivity contribution in [3.8, 4) is 11.5 Å². The van der Waals surface area contributed by atoms with Gasteiger partial charge >= 0.3 is 5.97 Å². The number of carbonyl (C=O) groups excluding carboxylic acids is 1. The zero-order chi connectivity index (χ0) is 15.8. The van der Waals surface area contributed by atoms with E-state index in [0.717, 1.165) is 12.8 Å². The van der Waals surface area contributed by atoms with Gasteiger partial charge in [-0.2, -0.15) is 0 Å². The molecule has 0 unspecified atom stereocenters. The summed E-state index contributed by atoms with van der Waals surface area (Å²) in [5, 5.41) is 11.7. The van der Waals surface area contributed by atoms with Crippen molar-refractivity contribution in [2.45, 2.75) is 32.2 Å². The Labute approximate surface area is 124 Å². The second-order valence-corrected chi connectivity index (χ2v) is 4.57. The first-order valence-corrected chi connectivity index (χ1v) is 6.79. The van der Waals surface area contributed by atoms with Gasteiger partial charge in [0.1, 0.15) is 17.5 Å². The number of carboxylic acid groups (broad SMARTS) is 1. The Morgan fingerprint density at radius 3 is 2.52 bits per heavy atom. The van der Waals surface area contributed by atoms with E-state index in [-0.39, 0.29) is 5.56 Å². The second-order valence-electron chi connectivity index (χ2n) is 4.57. The topological polar surface area (TPSA) is 84.9 Å². The lowest BCUT2D eigenvalue weighted by Gasteiger charge is -2.16. The number of unbranched alkanes of at least 4 members (excludes halogenated alkanes) is 1. The number of aliphatic carboxylic acids is 1. The highest BCUT2D eigenvalue weighted by molar-refractivity contribution is 5.99. The monoisotopic (exact) mass is 295 g/mol. The molecule has 0 bridgehead atoms. The minimum atomic E-state index is -1.04. The number of ether oxygens (including phenoxy) is 2. The molecule has 0 radical (unpaired) electrons. The lowest BCUT2D eigenvalue weighted by Crippen LogP contribution is -2.40. The van der Waals surface area contributed by atoms with Crippen LogP contribution in [0.4, 0.5) is 0 Å². The molecule has 0 saturated heterocycles. The summed E-state index contributed by atoms with van der Waals surface area (Å²) >= 11 is 0. The Bertz CT molecular complexity index is 501. The smallest absolute Gasteiger partial charge is 0.326 e. The number of benzene rings is 1. The van der Waals surface area contributed by atoms with Crippen molar-refractivity contribution >= 4 is 11.9 Å². The van der Waals surface area contributed by atoms with E-state index in [1.165, 1.54) is 20.3 Å². The summed E-state index contributed by atoms with van der Waals surface area (Å²) < 4.78 is 10.2. The van der Waals surface area contributed by atoms with Crippen molar-refractivity contribution < 1.29 is 24.2 Å². The van der Waals surface area contributed by atoms with E-state index in [1.807, 2.05) is 6.92 Å². The summed E-state index contributed by atoms with van der Waals surface area (Å²) in [5.74, 6) is -0.665. The molecule has 6 heteroatoms. The quantitative estimate of drug-likeness (QED) is 0.767. The third kappa shape index (κ3) is 4.66. The van der Waals surface area contributed by atoms with Crippen molar-refractivity contribution in [2.24, 2.45) is 0 Å². The largest absolute Gasteiger partial charge is 0.497 e. The van der Waals surface area contributed by atoms with Crippen molar-refractivity contribution in [1.29, 1.82) is 0 Å². The van der Waals surface area contributed by atoms with E-state index < -0.39 is 17.9 Å². The lowest BCUT2D eigenvalue weighted by atomic mass is 10.1. The molecule has 116 valence electrons. The maximum Gasteiger partial charge on any atom is 0.326 e. The number of rotatable bonds is 8. The molecule has 21 heavy (non-hydrogen) atoms. The summed E-state index contributed by atoms with van der Waals surface area (Å²) in [6, 6.07) is 3.89. The Hall–Kier alpha value is -2.24. The summed E-state index contributed by atoms with van der Waals surface area (Å²) in [7, 11) is 2.94. The van der Waals surface area contributed by atoms with Crippen LogP contribution in [-0.4, -0.2) is 37.2 Å². The number of hydrogen-bond acceptors (Lipinski definition) is 4. The summed E-state index contributed by atoms with van der Waals surface area (Å²) in [6.07, 6.45) is 1.98. The Kier molecular flexibility index (Phi) is 6.52. The molecule has 1 atom stereocenters. The molecule has 0 aromatic heterocycles. The van der Waals surface area contributed by atoms with Crippen molar-refractivity contribution in [2.75, 3.05) is 14.2 Å². The second kappa shape index (κ2) is 8.14. The van der Waals surface area contributed by atoms with Gasteiger partial charge in [0.25, 0.3) is 5.91 Å². The first-order valence-electron chi connectivity index (χ1n) is 6.79. The normalized spacial score (nSPS) is 11.6. The number of amides is 1. The minimum absolute atomic E-state index is 0.250. The van der Waals surface area contributed by atoms with Crippen LogP contribution >= 0.6 is 0 Å². The molecule has 0 aliphatic heterocycles. The van der Waals surface area contributed by atoms with Gasteiger partial charge in [-0.15, -0.1) is 0 Å². The molecule has 0 spiro atoms. The van der Waals surface area contributed by atoms with Gasteiger partial charge in [-0.05, 0) is 24.6 Å². The van der Waals surface area contributed by atoms with Crippen LogP contribution in [0, 0.1) is 0 Å². The van der Waals surface area contributed by atoms with Crippen LogP contribution in [0.2, 0.25) is 0 Å². The number of carbonyl (C=O) groups is 2. The average molecular weight is 295 g/mol. The fourth-order valence-corrected chi connectivity index (χ4v) is 1.89. The third-order valence-electron chi connectivity index (χ3n) is 3.10. The molecule has 0 fully saturated rings. The SMILES string of the molecule is CCCC[C@H](NC(=O)c1cc(OC)ccc1OC)C(=O)O. The lowest BCUT2D eigenvalue weighted by molar-refractivity contribution is -0.139. The molecule has 1 aromatic rings. The van der Waals surface area contributed by atoms with Gasteiger partial charge in [0.15, 0.2) is 0 Å². The molecule has 1 rings (SSSR count). The van der Waals surface area contributed by atoms with Gasteiger partial charge in [0, 0.05) is 0 Å². The zero-order valence-electron chi connectivity index (χ0n) is 12.5. The van der Waals surface area contributed by atoms with Crippen LogP contribution in [0.15, 0.2) is 18.2 Å². The average Bonchev–Trinajstić information content (AvgIpc) is 2.50. The summed E-state index contributed by atoms with van der Waals surface area (Å²) in [6.45, 7) is 1.96. The van der Waals surface area contributed by atoms with Crippen LogP contribution in [0.3, 0.4) is 0 Å². The van der Waals surface area contributed by atoms with Crippen molar-refractivity contribution in [3.63, 3.8) is 0 Å². The molecular weight excluding hydrogens is 274 g/mol. The fourth-order valence-electron chi connectivity index (χ4n) is 1.89. The van der Waals surface area contributed by atoms with Crippen LogP contribution in [0.1, 0.15) is 36.5 Å². The first kappa shape index (κ1) is 16.8. The van der Waals surface area contributed by atoms with Gasteiger partial charge in [-0.1, -0.05) is 19.8 Å². The number of hydrogen-bond donors (Lipinski definition) is 2. The van der Waals surface area contributed by atoms with Gasteiger partial charge < -0.3 is 19.9 Å². The predicted octanol–water partition coefficient (Wildman–Crippen LogP) is 2.08. The number of nitrogens with one attached hydrogen (secondary N) is 1. The first-order chi connectivity index (χ1) is 10.0. The zero-order valence-corrected chi connectivity index (χ0v) is 12.5. The van der Waals surface area contributed by atoms with Crippen LogP contribution in [-0.2, 0) is 4.79 Å². The Morgan fingerprint density at radius 2 is 2.00 bits per heavy atom. The van der Waals surface area contributed by atoms with E-state index in [2.05, 4.69) is 5.32 Å². The highest BCUT2D eigenvalue weighted by atomic mass is 16.5. The van der Waals surface area contributed by atoms with Crippen LogP contribution in [0.5, 0.6) is 11.5 Å². The van der Waals surface area contributed by atoms with Gasteiger partial charge in [-0.3, -0.25) is 4.79 Å². The third-order valence-corrected chi connectivity index (χ3v) is 3.10. The number of carboxylic acids is 1. The standard InChI is InChI=1S/C15H21NO5/c1-4-5-6-12(15(18)19)16-14(17)11-9-10(20-2)7-8-13(11)21-3/h7-9,12H,4-6H2,1-3H3,(H,16,17)(H,18,19)/t12-/m0/s1. The van der Waals surface area contributed by atoms with E-state index >= 15 is 0 Å². The molecule has 0 aliphatic carbocycles. The van der Waals surface area contributed by atoms with Crippen molar-refractivity contribution in [3.05, 3.63) is 23.8 Å². The van der Waals surface area contributed by atoms with Gasteiger partial charge in [0.05, 0.1) is 19.8 Å². The van der Waals surface area contributed by atoms with E-state index in [9.17, 15) is 9.59 Å². The molecule has 1 aromatic carbocycles. The van der Waals surface area contributed by atoms with Crippen LogP contribution < -0.4 is 14.8 Å². The van der Waals surface area contributed by atoms with Crippen LogP contribution in [0.25, 0.3) is 0 Å². The molecular formula is C15H21NO5. The highest BCUT2D eigenvalue weighted by Gasteiger charge is 2.22. The number of methoxy groups -OCH3 is 2. The minimum Gasteiger partial charge on any atom is -0.497 e. The van der Waals surface area contributed by atoms with E-state index in [4.69, 9.17) is 14.6 Å². The molecule has 0 aliphatic rings. The fraction of sp³-hybridized carbons (Fsp3) is 0.467. The maximum absolute atomic E-state index is 12.3. The predicted molar refractivity (Wildman–Crippen MR) is 78.0 cm³/mol. The molecule has 0 heterocycles. The molecule has 0 saturated carbocycles. The molecule has 1 amide bonds. The Balaban J connectivity index is 2.93. The van der Waals surface area contributed by atoms with Crippen molar-refractivity contribution in [1.82, 2.24) is 5.32 Å². The molecule has 6 nitrogen and oxygen atoms in total. The molecule has 2 N–H and O–H groups in total. The summed E-state index contributed by atoms with van der Waals surface area (Å²) in [5.41, 5.74) is 0.250. The summed E-state index contributed by atoms with van der Waals surface area (Å²) in [4.78, 5) is 23.4. The van der Waals surface area contributed by atoms with E-state index in [1.54, 1.807) is 12.1 Å². The van der Waals surface area contributed by atoms with Gasteiger partial charge in [0.2, 0.25) is 0 Å².